The number of aliphatic imine (C=N–C) groups is 1. The van der Waals surface area contributed by atoms with Crippen molar-refractivity contribution in [2.75, 3.05) is 35.9 Å². The molecule has 1 aromatic rings. The Morgan fingerprint density at radius 1 is 1.33 bits per heavy atom. The normalized spacial score (nSPS) is 26.7. The number of fused-ring (bicyclic) bond motifs is 1. The van der Waals surface area contributed by atoms with Gasteiger partial charge < -0.3 is 9.64 Å². The minimum Gasteiger partial charge on any atom is -0.384 e. The van der Waals surface area contributed by atoms with Gasteiger partial charge in [0, 0.05) is 18.6 Å². The van der Waals surface area contributed by atoms with Gasteiger partial charge >= 0.3 is 0 Å². The molecular weight excluding hydrogens is 308 g/mol. The van der Waals surface area contributed by atoms with E-state index in [1.54, 1.807) is 18.9 Å². The van der Waals surface area contributed by atoms with Crippen LogP contribution < -0.4 is 4.90 Å². The van der Waals surface area contributed by atoms with E-state index in [2.05, 4.69) is 9.89 Å². The van der Waals surface area contributed by atoms with Crippen LogP contribution in [0.4, 0.5) is 5.69 Å². The first kappa shape index (κ1) is 14.9. The molecular formula is C14H18N2O3S2. The maximum Gasteiger partial charge on any atom is 0.164 e. The van der Waals surface area contributed by atoms with Crippen LogP contribution in [0, 0.1) is 0 Å². The van der Waals surface area contributed by atoms with Crippen molar-refractivity contribution in [2.24, 2.45) is 4.99 Å². The second-order valence-corrected chi connectivity index (χ2v) is 8.39. The number of amidine groups is 1. The van der Waals surface area contributed by atoms with Crippen molar-refractivity contribution in [3.05, 3.63) is 30.3 Å². The zero-order valence-electron chi connectivity index (χ0n) is 11.8. The summed E-state index contributed by atoms with van der Waals surface area (Å²) in [6, 6.07) is 9.67. The lowest BCUT2D eigenvalue weighted by Crippen LogP contribution is -2.39. The van der Waals surface area contributed by atoms with Crippen molar-refractivity contribution in [1.29, 1.82) is 0 Å². The number of anilines is 1. The van der Waals surface area contributed by atoms with Crippen molar-refractivity contribution >= 4 is 32.5 Å². The molecule has 2 aliphatic rings. The van der Waals surface area contributed by atoms with E-state index in [4.69, 9.17) is 4.74 Å². The van der Waals surface area contributed by atoms with Gasteiger partial charge in [-0.2, -0.15) is 0 Å². The van der Waals surface area contributed by atoms with Gasteiger partial charge in [-0.3, -0.25) is 4.99 Å². The first-order chi connectivity index (χ1) is 10.1. The van der Waals surface area contributed by atoms with E-state index < -0.39 is 9.84 Å². The molecule has 114 valence electrons. The average Bonchev–Trinajstić information content (AvgIpc) is 2.91. The molecule has 0 radical (unpaired) electrons. The molecule has 1 aromatic carbocycles. The minimum atomic E-state index is -2.98. The molecule has 1 fully saturated rings. The van der Waals surface area contributed by atoms with E-state index in [1.807, 2.05) is 30.3 Å². The second kappa shape index (κ2) is 5.98. The monoisotopic (exact) mass is 326 g/mol. The van der Waals surface area contributed by atoms with Crippen LogP contribution in [0.5, 0.6) is 0 Å². The van der Waals surface area contributed by atoms with Gasteiger partial charge in [-0.05, 0) is 12.1 Å². The Balaban J connectivity index is 1.87. The maximum absolute atomic E-state index is 11.9. The first-order valence-electron chi connectivity index (χ1n) is 6.85. The average molecular weight is 326 g/mol. The van der Waals surface area contributed by atoms with Gasteiger partial charge in [0.15, 0.2) is 15.0 Å². The summed E-state index contributed by atoms with van der Waals surface area (Å²) in [6.07, 6.45) is 0. The highest BCUT2D eigenvalue weighted by Gasteiger charge is 2.46. The fraction of sp³-hybridized carbons (Fsp3) is 0.500. The Morgan fingerprint density at radius 3 is 2.81 bits per heavy atom. The number of ether oxygens (including phenoxy) is 1. The Labute approximate surface area is 129 Å². The molecule has 7 heteroatoms. The Kier molecular flexibility index (Phi) is 4.24. The predicted octanol–water partition coefficient (Wildman–Crippen LogP) is 1.41. The number of para-hydroxylation sites is 1. The van der Waals surface area contributed by atoms with Crippen LogP contribution in [-0.2, 0) is 14.6 Å². The predicted molar refractivity (Wildman–Crippen MR) is 86.9 cm³/mol. The number of nitrogens with zero attached hydrogens (tertiary/aromatic N) is 2. The van der Waals surface area contributed by atoms with Gasteiger partial charge in [0.2, 0.25) is 0 Å². The molecule has 0 saturated carbocycles. The van der Waals surface area contributed by atoms with Crippen molar-refractivity contribution in [2.45, 2.75) is 12.1 Å². The number of sulfone groups is 1. The summed E-state index contributed by atoms with van der Waals surface area (Å²) in [5, 5.41) is 0.906. The third-order valence-electron chi connectivity index (χ3n) is 3.66. The zero-order valence-corrected chi connectivity index (χ0v) is 13.4. The molecule has 0 amide bonds. The lowest BCUT2D eigenvalue weighted by atomic mass is 10.1. The van der Waals surface area contributed by atoms with E-state index >= 15 is 0 Å². The highest BCUT2D eigenvalue weighted by atomic mass is 32.2. The molecule has 0 N–H and O–H groups in total. The van der Waals surface area contributed by atoms with E-state index in [0.717, 1.165) is 16.6 Å². The summed E-state index contributed by atoms with van der Waals surface area (Å²) < 4.78 is 28.8. The van der Waals surface area contributed by atoms with Gasteiger partial charge in [0.25, 0.3) is 0 Å². The summed E-state index contributed by atoms with van der Waals surface area (Å²) in [5.41, 5.74) is 1.01. The summed E-state index contributed by atoms with van der Waals surface area (Å²) in [6.45, 7) is 0.653. The third-order valence-corrected chi connectivity index (χ3v) is 6.29. The van der Waals surface area contributed by atoms with E-state index in [9.17, 15) is 8.42 Å². The molecule has 0 aromatic heterocycles. The number of hydrogen-bond donors (Lipinski definition) is 0. The molecule has 1 saturated heterocycles. The van der Waals surface area contributed by atoms with E-state index in [1.165, 1.54) is 0 Å². The number of thioether (sulfide) groups is 1. The van der Waals surface area contributed by atoms with Crippen molar-refractivity contribution in [1.82, 2.24) is 0 Å². The fourth-order valence-corrected chi connectivity index (χ4v) is 5.61. The van der Waals surface area contributed by atoms with Gasteiger partial charge in [0.1, 0.15) is 0 Å². The van der Waals surface area contributed by atoms with Crippen molar-refractivity contribution in [3.8, 4) is 0 Å². The molecule has 2 aliphatic heterocycles. The van der Waals surface area contributed by atoms with Crippen molar-refractivity contribution in [3.63, 3.8) is 0 Å². The SMILES string of the molecule is COCCSC1=N[C@@H]2CS(=O)(=O)C[C@H]2N1c1ccccc1. The number of rotatable bonds is 4. The molecule has 21 heavy (non-hydrogen) atoms. The van der Waals surface area contributed by atoms with Crippen LogP contribution in [0.1, 0.15) is 0 Å². The molecule has 0 bridgehead atoms. The Morgan fingerprint density at radius 2 is 2.10 bits per heavy atom. The fourth-order valence-electron chi connectivity index (χ4n) is 2.74. The molecule has 2 atom stereocenters. The molecule has 0 unspecified atom stereocenters. The zero-order chi connectivity index (χ0) is 14.9. The topological polar surface area (TPSA) is 59.0 Å². The van der Waals surface area contributed by atoms with E-state index in [-0.39, 0.29) is 23.6 Å². The molecule has 2 heterocycles. The maximum atomic E-state index is 11.9. The van der Waals surface area contributed by atoms with Gasteiger partial charge in [0.05, 0.1) is 30.2 Å². The summed E-state index contributed by atoms with van der Waals surface area (Å²) >= 11 is 1.62. The van der Waals surface area contributed by atoms with Crippen LogP contribution in [0.25, 0.3) is 0 Å². The molecule has 5 nitrogen and oxygen atoms in total. The number of methoxy groups -OCH3 is 1. The van der Waals surface area contributed by atoms with Crippen LogP contribution in [0.3, 0.4) is 0 Å². The molecule has 3 rings (SSSR count). The summed E-state index contributed by atoms with van der Waals surface area (Å²) in [5.74, 6) is 1.16. The largest absolute Gasteiger partial charge is 0.384 e. The third kappa shape index (κ3) is 3.09. The standard InChI is InChI=1S/C14H18N2O3S2/c1-19-7-8-20-14-15-12-9-21(17,18)10-13(12)16(14)11-5-3-2-4-6-11/h2-6,12-13H,7-10H2,1H3/t12-,13-/m1/s1. The Hall–Kier alpha value is -1.05. The minimum absolute atomic E-state index is 0.0672. The molecule has 0 spiro atoms. The Bertz CT molecular complexity index is 631. The quantitative estimate of drug-likeness (QED) is 0.783. The van der Waals surface area contributed by atoms with Crippen LogP contribution >= 0.6 is 11.8 Å². The lowest BCUT2D eigenvalue weighted by molar-refractivity contribution is 0.219. The first-order valence-corrected chi connectivity index (χ1v) is 9.66. The summed E-state index contributed by atoms with van der Waals surface area (Å²) in [7, 11) is -1.30. The molecule has 0 aliphatic carbocycles. The summed E-state index contributed by atoms with van der Waals surface area (Å²) in [4.78, 5) is 6.73. The van der Waals surface area contributed by atoms with Gasteiger partial charge in [-0.25, -0.2) is 8.42 Å². The van der Waals surface area contributed by atoms with Crippen molar-refractivity contribution < 1.29 is 13.2 Å². The van der Waals surface area contributed by atoms with Gasteiger partial charge in [-0.15, -0.1) is 0 Å². The second-order valence-electron chi connectivity index (χ2n) is 5.17. The van der Waals surface area contributed by atoms with Crippen LogP contribution in [-0.4, -0.2) is 56.6 Å². The number of benzene rings is 1. The highest BCUT2D eigenvalue weighted by Crippen LogP contribution is 2.34. The van der Waals surface area contributed by atoms with Gasteiger partial charge in [-0.1, -0.05) is 30.0 Å². The van der Waals surface area contributed by atoms with Crippen LogP contribution in [0.15, 0.2) is 35.3 Å². The lowest BCUT2D eigenvalue weighted by Gasteiger charge is -2.26. The number of hydrogen-bond acceptors (Lipinski definition) is 6. The smallest absolute Gasteiger partial charge is 0.164 e. The van der Waals surface area contributed by atoms with E-state index in [0.29, 0.717) is 6.61 Å². The highest BCUT2D eigenvalue weighted by molar-refractivity contribution is 8.14. The van der Waals surface area contributed by atoms with Crippen LogP contribution in [0.2, 0.25) is 0 Å².